The quantitative estimate of drug-likeness (QED) is 0.426. The van der Waals surface area contributed by atoms with Crippen LogP contribution in [-0.4, -0.2) is 22.0 Å². The Morgan fingerprint density at radius 3 is 2.17 bits per heavy atom. The smallest absolute Gasteiger partial charge is 0.320 e. The number of pyridine rings is 2. The fraction of sp³-hybridized carbons (Fsp3) is 0.0588. The summed E-state index contributed by atoms with van der Waals surface area (Å²) in [6, 6.07) is 21.6. The van der Waals surface area contributed by atoms with E-state index >= 15 is 0 Å². The van der Waals surface area contributed by atoms with Gasteiger partial charge in [0.15, 0.2) is 5.44 Å². The molecule has 24 heavy (non-hydrogen) atoms. The van der Waals surface area contributed by atoms with Gasteiger partial charge in [-0.25, -0.2) is 4.98 Å². The van der Waals surface area contributed by atoms with E-state index in [0.29, 0.717) is 0 Å². The van der Waals surface area contributed by atoms with Crippen molar-refractivity contribution in [1.29, 1.82) is 0 Å². The Balaban J connectivity index is 0.000000232. The molecular weight excluding hydrogens is 503 g/mol. The first kappa shape index (κ1) is 20.4. The Kier molecular flexibility index (Phi) is 8.69. The Bertz CT molecular complexity index is 721. The Morgan fingerprint density at radius 2 is 1.67 bits per heavy atom. The third-order valence-corrected chi connectivity index (χ3v) is 4.17. The van der Waals surface area contributed by atoms with Gasteiger partial charge in [-0.05, 0) is 23.9 Å². The minimum Gasteiger partial charge on any atom is -0.320 e. The van der Waals surface area contributed by atoms with E-state index in [0.717, 1.165) is 11.3 Å². The van der Waals surface area contributed by atoms with Crippen molar-refractivity contribution in [2.75, 3.05) is 7.11 Å². The van der Waals surface area contributed by atoms with Gasteiger partial charge < -0.3 is 14.4 Å². The summed E-state index contributed by atoms with van der Waals surface area (Å²) in [6.07, 6.45) is 3.23. The Labute approximate surface area is 154 Å². The van der Waals surface area contributed by atoms with Gasteiger partial charge in [-0.15, -0.1) is 35.9 Å². The first-order valence-corrected chi connectivity index (χ1v) is 8.39. The zero-order valence-corrected chi connectivity index (χ0v) is 16.2. The van der Waals surface area contributed by atoms with Gasteiger partial charge in [0, 0.05) is 39.6 Å². The Morgan fingerprint density at radius 1 is 1.00 bits per heavy atom. The van der Waals surface area contributed by atoms with Crippen molar-refractivity contribution in [3.8, 4) is 11.3 Å². The standard InChI is InChI=1S/C11H8N.C6H8NO3P.Ir/c1-2-6-10(7-3-1)11-8-4-5-9-12-11;1-10-11(8,9)6-4-2-3-5-7-6;/h1-6,8-9H;2-5H,1H3,(H,8,9);/q-1;;. The van der Waals surface area contributed by atoms with Crippen LogP contribution in [0.1, 0.15) is 0 Å². The molecule has 0 aliphatic rings. The first-order valence-electron chi connectivity index (χ1n) is 6.82. The maximum Gasteiger partial charge on any atom is 0.376 e. The SMILES string of the molecule is COP(=O)(O)c1ccccn1.[Ir].[c-]1ccccc1-c1ccccn1. The summed E-state index contributed by atoms with van der Waals surface area (Å²) in [6.45, 7) is 0. The summed E-state index contributed by atoms with van der Waals surface area (Å²) in [5.74, 6) is 0. The maximum atomic E-state index is 11.1. The predicted molar refractivity (Wildman–Crippen MR) is 89.2 cm³/mol. The average Bonchev–Trinajstić information content (AvgIpc) is 2.64. The van der Waals surface area contributed by atoms with E-state index in [2.05, 4.69) is 20.6 Å². The van der Waals surface area contributed by atoms with Crippen LogP contribution in [0.2, 0.25) is 0 Å². The molecule has 0 saturated heterocycles. The number of benzene rings is 1. The van der Waals surface area contributed by atoms with Crippen LogP contribution in [0, 0.1) is 6.07 Å². The summed E-state index contributed by atoms with van der Waals surface area (Å²) in [4.78, 5) is 17.0. The van der Waals surface area contributed by atoms with Crippen LogP contribution < -0.4 is 5.44 Å². The summed E-state index contributed by atoms with van der Waals surface area (Å²) in [7, 11) is -2.46. The molecule has 2 heterocycles. The van der Waals surface area contributed by atoms with Crippen LogP contribution in [0.3, 0.4) is 0 Å². The molecule has 2 aromatic heterocycles. The molecule has 3 aromatic rings. The van der Waals surface area contributed by atoms with Crippen LogP contribution in [0.4, 0.5) is 0 Å². The van der Waals surface area contributed by atoms with Crippen molar-refractivity contribution < 1.29 is 34.1 Å². The van der Waals surface area contributed by atoms with Gasteiger partial charge in [-0.1, -0.05) is 18.2 Å². The third kappa shape index (κ3) is 6.08. The molecule has 0 aliphatic carbocycles. The molecule has 0 bridgehead atoms. The molecule has 0 amide bonds. The molecule has 0 aliphatic heterocycles. The number of hydrogen-bond acceptors (Lipinski definition) is 4. The minimum atomic E-state index is -3.64. The van der Waals surface area contributed by atoms with Crippen LogP contribution in [0.5, 0.6) is 0 Å². The van der Waals surface area contributed by atoms with Crippen molar-refractivity contribution in [3.63, 3.8) is 0 Å². The normalized spacial score (nSPS) is 12.1. The van der Waals surface area contributed by atoms with Crippen molar-refractivity contribution in [2.24, 2.45) is 0 Å². The van der Waals surface area contributed by atoms with E-state index < -0.39 is 7.60 Å². The molecule has 0 fully saturated rings. The van der Waals surface area contributed by atoms with Crippen molar-refractivity contribution in [1.82, 2.24) is 9.97 Å². The van der Waals surface area contributed by atoms with Crippen LogP contribution >= 0.6 is 7.60 Å². The van der Waals surface area contributed by atoms with Gasteiger partial charge in [0.05, 0.1) is 0 Å². The van der Waals surface area contributed by atoms with E-state index in [9.17, 15) is 4.57 Å². The molecule has 5 nitrogen and oxygen atoms in total. The molecule has 1 unspecified atom stereocenters. The second-order valence-electron chi connectivity index (χ2n) is 4.38. The third-order valence-electron chi connectivity index (χ3n) is 2.84. The van der Waals surface area contributed by atoms with Crippen molar-refractivity contribution in [3.05, 3.63) is 79.1 Å². The topological polar surface area (TPSA) is 72.3 Å². The van der Waals surface area contributed by atoms with E-state index in [-0.39, 0.29) is 25.5 Å². The molecule has 0 spiro atoms. The molecule has 127 valence electrons. The van der Waals surface area contributed by atoms with E-state index in [1.54, 1.807) is 18.3 Å². The van der Waals surface area contributed by atoms with Gasteiger partial charge in [0.25, 0.3) is 0 Å². The molecule has 1 aromatic carbocycles. The molecule has 3 rings (SSSR count). The molecule has 0 saturated carbocycles. The van der Waals surface area contributed by atoms with Crippen LogP contribution in [-0.2, 0) is 29.2 Å². The summed E-state index contributed by atoms with van der Waals surface area (Å²) >= 11 is 0. The van der Waals surface area contributed by atoms with Gasteiger partial charge in [-0.3, -0.25) is 4.57 Å². The van der Waals surface area contributed by atoms with Gasteiger partial charge in [-0.2, -0.15) is 0 Å². The second-order valence-corrected chi connectivity index (χ2v) is 6.25. The molecule has 1 atom stereocenters. The molecular formula is C17H16IrN2O3P-. The van der Waals surface area contributed by atoms with Gasteiger partial charge in [0.2, 0.25) is 0 Å². The number of nitrogens with zero attached hydrogens (tertiary/aromatic N) is 2. The number of rotatable bonds is 3. The number of aromatic nitrogens is 2. The summed E-state index contributed by atoms with van der Waals surface area (Å²) in [5, 5.41) is 0. The Hall–Kier alpha value is -1.68. The van der Waals surface area contributed by atoms with Crippen LogP contribution in [0.25, 0.3) is 11.3 Å². The van der Waals surface area contributed by atoms with Crippen molar-refractivity contribution >= 4 is 13.0 Å². The largest absolute Gasteiger partial charge is 0.376 e. The predicted octanol–water partition coefficient (Wildman–Crippen LogP) is 3.08. The molecule has 7 heteroatoms. The van der Waals surface area contributed by atoms with Crippen molar-refractivity contribution in [2.45, 2.75) is 0 Å². The number of hydrogen-bond donors (Lipinski definition) is 1. The first-order chi connectivity index (χ1) is 11.1. The van der Waals surface area contributed by atoms with E-state index in [4.69, 9.17) is 4.89 Å². The fourth-order valence-electron chi connectivity index (χ4n) is 1.69. The summed E-state index contributed by atoms with van der Waals surface area (Å²) < 4.78 is 15.4. The summed E-state index contributed by atoms with van der Waals surface area (Å²) in [5.41, 5.74) is 2.08. The zero-order valence-electron chi connectivity index (χ0n) is 12.9. The van der Waals surface area contributed by atoms with E-state index in [1.165, 1.54) is 19.4 Å². The van der Waals surface area contributed by atoms with Crippen LogP contribution in [0.15, 0.2) is 73.1 Å². The zero-order chi connectivity index (χ0) is 16.5. The average molecular weight is 520 g/mol. The monoisotopic (exact) mass is 520 g/mol. The van der Waals surface area contributed by atoms with Gasteiger partial charge >= 0.3 is 7.60 Å². The second kappa shape index (κ2) is 10.2. The minimum absolute atomic E-state index is 0. The molecule has 1 N–H and O–H groups in total. The maximum absolute atomic E-state index is 11.1. The van der Waals surface area contributed by atoms with E-state index in [1.807, 2.05) is 42.5 Å². The fourth-order valence-corrected chi connectivity index (χ4v) is 2.36. The van der Waals surface area contributed by atoms with Gasteiger partial charge in [0.1, 0.15) is 0 Å². The molecule has 1 radical (unpaired) electrons.